The quantitative estimate of drug-likeness (QED) is 0.634. The average molecular weight is 341 g/mol. The Bertz CT molecular complexity index is 556. The zero-order valence-electron chi connectivity index (χ0n) is 12.8. The largest absolute Gasteiger partial charge is 0.496 e. The SMILES string of the molecule is CCC(N)(F)F.CO.COc1ccc(S(C)(=O)=O)cc1C=O. The molecule has 0 aliphatic carbocycles. The monoisotopic (exact) mass is 341 g/mol. The van der Waals surface area contributed by atoms with E-state index in [-0.39, 0.29) is 16.9 Å². The molecule has 0 atom stereocenters. The first-order valence-corrected chi connectivity index (χ1v) is 7.89. The van der Waals surface area contributed by atoms with Crippen molar-refractivity contribution in [3.63, 3.8) is 0 Å². The van der Waals surface area contributed by atoms with E-state index in [0.29, 0.717) is 12.0 Å². The van der Waals surface area contributed by atoms with Crippen LogP contribution in [0.15, 0.2) is 23.1 Å². The molecule has 1 aromatic carbocycles. The fraction of sp³-hybridized carbons (Fsp3) is 0.462. The molecule has 0 heterocycles. The Balaban J connectivity index is 0. The van der Waals surface area contributed by atoms with Crippen molar-refractivity contribution in [2.24, 2.45) is 5.73 Å². The van der Waals surface area contributed by atoms with Gasteiger partial charge in [-0.15, -0.1) is 0 Å². The van der Waals surface area contributed by atoms with E-state index in [1.54, 1.807) is 0 Å². The molecular formula is C13H21F2NO5S. The van der Waals surface area contributed by atoms with Gasteiger partial charge in [-0.25, -0.2) is 8.42 Å². The summed E-state index contributed by atoms with van der Waals surface area (Å²) in [5, 5.41) is 7.00. The third kappa shape index (κ3) is 9.37. The molecule has 128 valence electrons. The van der Waals surface area contributed by atoms with Crippen LogP contribution in [0, 0.1) is 0 Å². The van der Waals surface area contributed by atoms with Gasteiger partial charge in [0.2, 0.25) is 0 Å². The maximum absolute atomic E-state index is 11.2. The Morgan fingerprint density at radius 2 is 1.82 bits per heavy atom. The molecule has 9 heteroatoms. The van der Waals surface area contributed by atoms with Crippen LogP contribution < -0.4 is 10.5 Å². The maximum Gasteiger partial charge on any atom is 0.299 e. The number of carbonyl (C=O) groups excluding carboxylic acids is 1. The molecule has 22 heavy (non-hydrogen) atoms. The molecule has 1 rings (SSSR count). The first-order valence-electron chi connectivity index (χ1n) is 6.00. The number of rotatable bonds is 4. The van der Waals surface area contributed by atoms with Gasteiger partial charge in [-0.3, -0.25) is 10.5 Å². The third-order valence-corrected chi connectivity index (χ3v) is 3.34. The van der Waals surface area contributed by atoms with Gasteiger partial charge in [-0.05, 0) is 18.2 Å². The van der Waals surface area contributed by atoms with E-state index in [1.807, 2.05) is 0 Å². The second-order valence-corrected chi connectivity index (χ2v) is 5.92. The first kappa shape index (κ1) is 22.7. The number of alkyl halides is 2. The fourth-order valence-corrected chi connectivity index (χ4v) is 1.69. The predicted molar refractivity (Wildman–Crippen MR) is 79.1 cm³/mol. The molecular weight excluding hydrogens is 320 g/mol. The molecule has 0 aliphatic rings. The number of aldehydes is 1. The summed E-state index contributed by atoms with van der Waals surface area (Å²) in [6.07, 6.45) is 1.36. The molecule has 0 saturated heterocycles. The molecule has 0 saturated carbocycles. The summed E-state index contributed by atoms with van der Waals surface area (Å²) in [5.74, 6) is 0.368. The molecule has 0 spiro atoms. The zero-order chi connectivity index (χ0) is 18.0. The van der Waals surface area contributed by atoms with Gasteiger partial charge in [0.15, 0.2) is 16.1 Å². The molecule has 0 radical (unpaired) electrons. The van der Waals surface area contributed by atoms with Crippen molar-refractivity contribution in [1.82, 2.24) is 0 Å². The molecule has 0 fully saturated rings. The maximum atomic E-state index is 11.2. The van der Waals surface area contributed by atoms with Gasteiger partial charge in [0.1, 0.15) is 5.75 Å². The van der Waals surface area contributed by atoms with Crippen LogP contribution in [-0.4, -0.2) is 46.3 Å². The summed E-state index contributed by atoms with van der Waals surface area (Å²) in [6.45, 7) is 1.33. The number of hydrogen-bond acceptors (Lipinski definition) is 6. The van der Waals surface area contributed by atoms with Crippen molar-refractivity contribution in [3.05, 3.63) is 23.8 Å². The minimum Gasteiger partial charge on any atom is -0.496 e. The van der Waals surface area contributed by atoms with Crippen molar-refractivity contribution in [1.29, 1.82) is 0 Å². The van der Waals surface area contributed by atoms with Crippen LogP contribution in [0.3, 0.4) is 0 Å². The van der Waals surface area contributed by atoms with Crippen LogP contribution in [0.25, 0.3) is 0 Å². The molecule has 6 nitrogen and oxygen atoms in total. The van der Waals surface area contributed by atoms with E-state index >= 15 is 0 Å². The third-order valence-electron chi connectivity index (χ3n) is 2.23. The summed E-state index contributed by atoms with van der Waals surface area (Å²) in [5.41, 5.74) is 4.43. The normalized spacial score (nSPS) is 10.5. The van der Waals surface area contributed by atoms with Gasteiger partial charge in [0.05, 0.1) is 17.6 Å². The second kappa shape index (κ2) is 10.2. The molecule has 3 N–H and O–H groups in total. The van der Waals surface area contributed by atoms with Crippen molar-refractivity contribution in [2.75, 3.05) is 20.5 Å². The highest BCUT2D eigenvalue weighted by Crippen LogP contribution is 2.20. The Hall–Kier alpha value is -1.58. The number of sulfone groups is 1. The Morgan fingerprint density at radius 3 is 2.09 bits per heavy atom. The summed E-state index contributed by atoms with van der Waals surface area (Å²) in [4.78, 5) is 10.7. The minimum atomic E-state index is -3.27. The van der Waals surface area contributed by atoms with E-state index in [1.165, 1.54) is 32.2 Å². The predicted octanol–water partition coefficient (Wildman–Crippen LogP) is 1.47. The smallest absolute Gasteiger partial charge is 0.299 e. The minimum absolute atomic E-state index is 0.111. The van der Waals surface area contributed by atoms with Gasteiger partial charge in [0, 0.05) is 19.8 Å². The van der Waals surface area contributed by atoms with Crippen LogP contribution >= 0.6 is 0 Å². The van der Waals surface area contributed by atoms with Crippen molar-refractivity contribution in [2.45, 2.75) is 24.3 Å². The van der Waals surface area contributed by atoms with Crippen LogP contribution in [-0.2, 0) is 9.84 Å². The molecule has 0 unspecified atom stereocenters. The topological polar surface area (TPSA) is 107 Å². The summed E-state index contributed by atoms with van der Waals surface area (Å²) < 4.78 is 49.6. The lowest BCUT2D eigenvalue weighted by atomic mass is 10.2. The van der Waals surface area contributed by atoms with E-state index in [2.05, 4.69) is 5.73 Å². The lowest BCUT2D eigenvalue weighted by Gasteiger charge is -2.04. The number of methoxy groups -OCH3 is 1. The van der Waals surface area contributed by atoms with Crippen LogP contribution in [0.5, 0.6) is 5.75 Å². The Labute approximate surface area is 128 Å². The second-order valence-electron chi connectivity index (χ2n) is 3.91. The van der Waals surface area contributed by atoms with E-state index < -0.39 is 15.9 Å². The number of carbonyl (C=O) groups is 1. The number of aliphatic hydroxyl groups excluding tert-OH is 1. The average Bonchev–Trinajstić information content (AvgIpc) is 2.47. The highest BCUT2D eigenvalue weighted by Gasteiger charge is 2.16. The van der Waals surface area contributed by atoms with Crippen molar-refractivity contribution < 1.29 is 31.8 Å². The first-order chi connectivity index (χ1) is 10.0. The van der Waals surface area contributed by atoms with Gasteiger partial charge in [-0.1, -0.05) is 6.92 Å². The number of aliphatic hydroxyl groups is 1. The van der Waals surface area contributed by atoms with Crippen molar-refractivity contribution in [3.8, 4) is 5.75 Å². The lowest BCUT2D eigenvalue weighted by molar-refractivity contribution is 0.00431. The van der Waals surface area contributed by atoms with Crippen LogP contribution in [0.1, 0.15) is 23.7 Å². The highest BCUT2D eigenvalue weighted by molar-refractivity contribution is 7.90. The van der Waals surface area contributed by atoms with Crippen LogP contribution in [0.2, 0.25) is 0 Å². The van der Waals surface area contributed by atoms with Crippen LogP contribution in [0.4, 0.5) is 8.78 Å². The van der Waals surface area contributed by atoms with Gasteiger partial charge >= 0.3 is 0 Å². The number of ether oxygens (including phenoxy) is 1. The molecule has 1 aromatic rings. The lowest BCUT2D eigenvalue weighted by Crippen LogP contribution is -2.26. The number of benzene rings is 1. The van der Waals surface area contributed by atoms with E-state index in [9.17, 15) is 22.0 Å². The van der Waals surface area contributed by atoms with E-state index in [0.717, 1.165) is 13.4 Å². The number of halogens is 2. The zero-order valence-corrected chi connectivity index (χ0v) is 13.7. The summed E-state index contributed by atoms with van der Waals surface area (Å²) in [7, 11) is -0.856. The highest BCUT2D eigenvalue weighted by atomic mass is 32.2. The Kier molecular flexibility index (Phi) is 10.5. The number of hydrogen-bond donors (Lipinski definition) is 2. The van der Waals surface area contributed by atoms with E-state index in [4.69, 9.17) is 9.84 Å². The number of nitrogens with two attached hydrogens (primary N) is 1. The fourth-order valence-electron chi connectivity index (χ4n) is 1.04. The van der Waals surface area contributed by atoms with Crippen molar-refractivity contribution >= 4 is 16.1 Å². The molecule has 0 amide bonds. The molecule has 0 aromatic heterocycles. The summed E-state index contributed by atoms with van der Waals surface area (Å²) in [6, 6.07) is 1.20. The standard InChI is InChI=1S/C9H10O4S.C3H7F2N.CH4O/c1-13-9-4-3-8(14(2,11)12)5-7(9)6-10;1-2-3(4,5)6;1-2/h3-6H,1-2H3;2,6H2,1H3;2H,1H3. The van der Waals surface area contributed by atoms with Gasteiger partial charge in [-0.2, -0.15) is 8.78 Å². The molecule has 0 aliphatic heterocycles. The molecule has 0 bridgehead atoms. The summed E-state index contributed by atoms with van der Waals surface area (Å²) >= 11 is 0. The van der Waals surface area contributed by atoms with Gasteiger partial charge in [0.25, 0.3) is 6.05 Å². The Morgan fingerprint density at radius 1 is 1.36 bits per heavy atom. The van der Waals surface area contributed by atoms with Gasteiger partial charge < -0.3 is 9.84 Å².